The van der Waals surface area contributed by atoms with E-state index < -0.39 is 11.1 Å². The number of benzene rings is 1. The Morgan fingerprint density at radius 2 is 1.94 bits per heavy atom. The van der Waals surface area contributed by atoms with Gasteiger partial charge in [0.15, 0.2) is 0 Å². The molecule has 3 heterocycles. The first-order chi connectivity index (χ1) is 14.5. The van der Waals surface area contributed by atoms with Crippen molar-refractivity contribution in [2.45, 2.75) is 59.2 Å². The number of carbonyl (C=O) groups excluding carboxylic acids is 2. The van der Waals surface area contributed by atoms with Crippen molar-refractivity contribution in [1.82, 2.24) is 15.1 Å². The van der Waals surface area contributed by atoms with Crippen LogP contribution in [0.15, 0.2) is 41.8 Å². The molecule has 0 radical (unpaired) electrons. The number of nitrogens with zero attached hydrogens (tertiary/aromatic N) is 3. The highest BCUT2D eigenvalue weighted by Crippen LogP contribution is 2.36. The van der Waals surface area contributed by atoms with Crippen LogP contribution in [0.2, 0.25) is 0 Å². The molecule has 2 amide bonds. The van der Waals surface area contributed by atoms with E-state index in [1.165, 1.54) is 0 Å². The van der Waals surface area contributed by atoms with Gasteiger partial charge in [-0.05, 0) is 70.7 Å². The van der Waals surface area contributed by atoms with Gasteiger partial charge in [0.05, 0.1) is 11.4 Å². The van der Waals surface area contributed by atoms with E-state index in [4.69, 9.17) is 0 Å². The van der Waals surface area contributed by atoms with Crippen LogP contribution in [0.4, 0.5) is 5.69 Å². The summed E-state index contributed by atoms with van der Waals surface area (Å²) in [7, 11) is 0. The molecule has 7 heteroatoms. The Bertz CT molecular complexity index is 1160. The van der Waals surface area contributed by atoms with E-state index in [0.717, 1.165) is 27.4 Å². The van der Waals surface area contributed by atoms with Crippen molar-refractivity contribution in [1.29, 1.82) is 0 Å². The van der Waals surface area contributed by atoms with E-state index in [-0.39, 0.29) is 18.4 Å². The van der Waals surface area contributed by atoms with Gasteiger partial charge >= 0.3 is 0 Å². The Morgan fingerprint density at radius 3 is 2.55 bits per heavy atom. The summed E-state index contributed by atoms with van der Waals surface area (Å²) < 4.78 is 1.68. The Hall–Kier alpha value is -2.93. The summed E-state index contributed by atoms with van der Waals surface area (Å²) >= 11 is 1.58. The molecule has 6 nitrogen and oxygen atoms in total. The zero-order valence-corrected chi connectivity index (χ0v) is 19.6. The van der Waals surface area contributed by atoms with Gasteiger partial charge in [-0.3, -0.25) is 19.2 Å². The van der Waals surface area contributed by atoms with Crippen LogP contribution >= 0.6 is 11.3 Å². The molecule has 0 aliphatic carbocycles. The molecule has 1 atom stereocenters. The number of nitrogens with one attached hydrogen (secondary N) is 1. The second kappa shape index (κ2) is 7.34. The predicted molar refractivity (Wildman–Crippen MR) is 125 cm³/mol. The molecule has 0 bridgehead atoms. The maximum Gasteiger partial charge on any atom is 0.277 e. The highest BCUT2D eigenvalue weighted by molar-refractivity contribution is 7.13. The molecule has 1 aliphatic rings. The van der Waals surface area contributed by atoms with E-state index >= 15 is 0 Å². The molecule has 2 aromatic heterocycles. The molecule has 1 aromatic carbocycles. The van der Waals surface area contributed by atoms with Crippen molar-refractivity contribution in [3.8, 4) is 10.6 Å². The van der Waals surface area contributed by atoms with E-state index in [0.29, 0.717) is 5.69 Å². The number of amides is 2. The largest absolute Gasteiger partial charge is 0.349 e. The Balaban J connectivity index is 1.87. The molecule has 1 aliphatic heterocycles. The Morgan fingerprint density at radius 1 is 1.19 bits per heavy atom. The van der Waals surface area contributed by atoms with Crippen molar-refractivity contribution in [2.24, 2.45) is 0 Å². The summed E-state index contributed by atoms with van der Waals surface area (Å²) in [6.45, 7) is 11.9. The molecule has 31 heavy (non-hydrogen) atoms. The molecule has 1 N–H and O–H groups in total. The normalized spacial score (nSPS) is 18.8. The Kier molecular flexibility index (Phi) is 5.04. The van der Waals surface area contributed by atoms with Gasteiger partial charge in [0, 0.05) is 11.2 Å². The van der Waals surface area contributed by atoms with Crippen LogP contribution in [0.1, 0.15) is 49.3 Å². The van der Waals surface area contributed by atoms with Crippen LogP contribution in [-0.2, 0) is 11.3 Å². The Labute approximate surface area is 186 Å². The molecule has 0 unspecified atom stereocenters. The molecular formula is C24H28N4O2S. The van der Waals surface area contributed by atoms with Gasteiger partial charge in [-0.2, -0.15) is 5.10 Å². The lowest BCUT2D eigenvalue weighted by Crippen LogP contribution is -2.66. The van der Waals surface area contributed by atoms with Crippen LogP contribution in [-0.4, -0.2) is 32.7 Å². The summed E-state index contributed by atoms with van der Waals surface area (Å²) in [5.74, 6) is -0.424. The van der Waals surface area contributed by atoms with E-state index in [1.807, 2.05) is 83.3 Å². The lowest BCUT2D eigenvalue weighted by Gasteiger charge is -2.44. The predicted octanol–water partition coefficient (Wildman–Crippen LogP) is 4.56. The average molecular weight is 437 g/mol. The number of anilines is 1. The zero-order chi connectivity index (χ0) is 22.6. The second-order valence-electron chi connectivity index (χ2n) is 9.46. The van der Waals surface area contributed by atoms with Crippen molar-refractivity contribution in [3.05, 3.63) is 58.6 Å². The van der Waals surface area contributed by atoms with Gasteiger partial charge in [-0.1, -0.05) is 23.8 Å². The number of fused-ring (bicyclic) bond motifs is 1. The van der Waals surface area contributed by atoms with Crippen LogP contribution in [0.25, 0.3) is 10.6 Å². The van der Waals surface area contributed by atoms with Crippen LogP contribution in [0.5, 0.6) is 0 Å². The molecule has 0 fully saturated rings. The summed E-state index contributed by atoms with van der Waals surface area (Å²) in [5.41, 5.74) is 2.49. The minimum absolute atomic E-state index is 0.202. The molecule has 4 rings (SSSR count). The highest BCUT2D eigenvalue weighted by atomic mass is 32.1. The van der Waals surface area contributed by atoms with Crippen LogP contribution in [0, 0.1) is 13.8 Å². The van der Waals surface area contributed by atoms with Crippen molar-refractivity contribution < 1.29 is 9.59 Å². The zero-order valence-electron chi connectivity index (χ0n) is 18.8. The maximum absolute atomic E-state index is 13.8. The molecule has 0 saturated heterocycles. The van der Waals surface area contributed by atoms with E-state index in [2.05, 4.69) is 10.4 Å². The fourth-order valence-corrected chi connectivity index (χ4v) is 4.72. The molecule has 3 aromatic rings. The van der Waals surface area contributed by atoms with Gasteiger partial charge < -0.3 is 5.32 Å². The lowest BCUT2D eigenvalue weighted by molar-refractivity contribution is -0.128. The van der Waals surface area contributed by atoms with Crippen molar-refractivity contribution >= 4 is 28.8 Å². The number of thiophene rings is 1. The van der Waals surface area contributed by atoms with Crippen molar-refractivity contribution in [3.63, 3.8) is 0 Å². The summed E-state index contributed by atoms with van der Waals surface area (Å²) in [6.07, 6.45) is 0. The highest BCUT2D eigenvalue weighted by Gasteiger charge is 2.50. The third-order valence-electron chi connectivity index (χ3n) is 5.50. The van der Waals surface area contributed by atoms with Gasteiger partial charge in [-0.15, -0.1) is 11.3 Å². The van der Waals surface area contributed by atoms with Gasteiger partial charge in [-0.25, -0.2) is 0 Å². The summed E-state index contributed by atoms with van der Waals surface area (Å²) in [5, 5.41) is 9.74. The topological polar surface area (TPSA) is 67.2 Å². The van der Waals surface area contributed by atoms with Gasteiger partial charge in [0.1, 0.15) is 16.9 Å². The number of hydrogen-bond donors (Lipinski definition) is 1. The van der Waals surface area contributed by atoms with Gasteiger partial charge in [0.25, 0.3) is 5.91 Å². The molecule has 0 spiro atoms. The standard InChI is InChI=1S/C24H28N4O2S/c1-15-9-10-18(16(2)12-15)28-21(29)19-13-17(20-8-7-11-31-20)26-27(19)14-24(28,6)22(30)25-23(3,4)5/h7-13H,14H2,1-6H3,(H,25,30)/t24-/m0/s1. The second-order valence-corrected chi connectivity index (χ2v) is 10.4. The fourth-order valence-electron chi connectivity index (χ4n) is 4.04. The number of aromatic nitrogens is 2. The SMILES string of the molecule is Cc1ccc(N2C(=O)c3cc(-c4cccs4)nn3C[C@@]2(C)C(=O)NC(C)(C)C)c(C)c1. The third-order valence-corrected chi connectivity index (χ3v) is 6.39. The number of hydrogen-bond acceptors (Lipinski definition) is 4. The average Bonchev–Trinajstić information content (AvgIpc) is 3.31. The molecule has 162 valence electrons. The number of rotatable bonds is 3. The molecule has 0 saturated carbocycles. The maximum atomic E-state index is 13.8. The monoisotopic (exact) mass is 436 g/mol. The minimum Gasteiger partial charge on any atom is -0.349 e. The van der Waals surface area contributed by atoms with Crippen LogP contribution in [0.3, 0.4) is 0 Å². The smallest absolute Gasteiger partial charge is 0.277 e. The minimum atomic E-state index is -1.13. The first-order valence-corrected chi connectivity index (χ1v) is 11.2. The van der Waals surface area contributed by atoms with E-state index in [1.54, 1.807) is 20.9 Å². The molecular weight excluding hydrogens is 408 g/mol. The first-order valence-electron chi connectivity index (χ1n) is 10.4. The van der Waals surface area contributed by atoms with Crippen molar-refractivity contribution in [2.75, 3.05) is 4.90 Å². The summed E-state index contributed by atoms with van der Waals surface area (Å²) in [4.78, 5) is 30.0. The first kappa shape index (κ1) is 21.3. The number of aryl methyl sites for hydroxylation is 2. The fraction of sp³-hybridized carbons (Fsp3) is 0.375. The van der Waals surface area contributed by atoms with Crippen LogP contribution < -0.4 is 10.2 Å². The van der Waals surface area contributed by atoms with E-state index in [9.17, 15) is 9.59 Å². The quantitative estimate of drug-likeness (QED) is 0.654. The third kappa shape index (κ3) is 3.78. The summed E-state index contributed by atoms with van der Waals surface area (Å²) in [6, 6.07) is 11.7. The number of carbonyl (C=O) groups is 2. The van der Waals surface area contributed by atoms with Gasteiger partial charge in [0.2, 0.25) is 5.91 Å². The lowest BCUT2D eigenvalue weighted by atomic mass is 9.91.